The number of ether oxygens (including phenoxy) is 2. The summed E-state index contributed by atoms with van der Waals surface area (Å²) in [5.74, 6) is 3.28. The van der Waals surface area contributed by atoms with Crippen molar-refractivity contribution in [3.8, 4) is 23.8 Å². The molecule has 2 aromatic rings. The van der Waals surface area contributed by atoms with Crippen molar-refractivity contribution in [2.24, 2.45) is 5.92 Å². The molecule has 2 aliphatic rings. The molecule has 2 aromatic carbocycles. The van der Waals surface area contributed by atoms with Crippen molar-refractivity contribution in [3.05, 3.63) is 53.6 Å². The number of carbonyl (C=O) groups excluding carboxylic acids is 1. The van der Waals surface area contributed by atoms with E-state index in [4.69, 9.17) is 15.9 Å². The van der Waals surface area contributed by atoms with Gasteiger partial charge in [0.25, 0.3) is 0 Å². The van der Waals surface area contributed by atoms with E-state index in [1.165, 1.54) is 16.4 Å². The van der Waals surface area contributed by atoms with Gasteiger partial charge in [-0.3, -0.25) is 4.79 Å². The first-order valence-electron chi connectivity index (χ1n) is 11.1. The summed E-state index contributed by atoms with van der Waals surface area (Å²) in [7, 11) is -3.69. The monoisotopic (exact) mass is 468 g/mol. The van der Waals surface area contributed by atoms with Gasteiger partial charge in [-0.05, 0) is 37.5 Å². The topological polar surface area (TPSA) is 76.2 Å². The van der Waals surface area contributed by atoms with E-state index in [0.29, 0.717) is 44.1 Å². The quantitative estimate of drug-likeness (QED) is 0.610. The Morgan fingerprint density at radius 1 is 1.09 bits per heavy atom. The SMILES string of the molecule is C#CCN(Cc1ccc(C)cc1)C(=O)C1CCN(S(=O)(=O)c2ccc3c(c2)OCCO3)CC1. The molecule has 4 rings (SSSR count). The smallest absolute Gasteiger partial charge is 0.243 e. The number of rotatable bonds is 6. The average molecular weight is 469 g/mol. The molecule has 2 heterocycles. The van der Waals surface area contributed by atoms with E-state index in [0.717, 1.165) is 11.1 Å². The van der Waals surface area contributed by atoms with Crippen LogP contribution in [0.3, 0.4) is 0 Å². The van der Waals surface area contributed by atoms with Crippen molar-refractivity contribution in [2.45, 2.75) is 31.2 Å². The lowest BCUT2D eigenvalue weighted by Crippen LogP contribution is -2.44. The van der Waals surface area contributed by atoms with Crippen molar-refractivity contribution in [2.75, 3.05) is 32.8 Å². The van der Waals surface area contributed by atoms with Gasteiger partial charge >= 0.3 is 0 Å². The van der Waals surface area contributed by atoms with Crippen LogP contribution in [0.15, 0.2) is 47.4 Å². The first kappa shape index (κ1) is 23.1. The maximum atomic E-state index is 13.2. The third-order valence-corrected chi connectivity index (χ3v) is 7.94. The highest BCUT2D eigenvalue weighted by Gasteiger charge is 2.34. The molecular weight excluding hydrogens is 440 g/mol. The zero-order valence-electron chi connectivity index (χ0n) is 18.7. The summed E-state index contributed by atoms with van der Waals surface area (Å²) in [6.07, 6.45) is 6.43. The van der Waals surface area contributed by atoms with Crippen molar-refractivity contribution in [1.29, 1.82) is 0 Å². The second kappa shape index (κ2) is 9.86. The summed E-state index contributed by atoms with van der Waals surface area (Å²) in [6, 6.07) is 12.7. The minimum Gasteiger partial charge on any atom is -0.486 e. The van der Waals surface area contributed by atoms with Gasteiger partial charge in [-0.25, -0.2) is 8.42 Å². The van der Waals surface area contributed by atoms with Crippen molar-refractivity contribution < 1.29 is 22.7 Å². The van der Waals surface area contributed by atoms with Crippen molar-refractivity contribution in [1.82, 2.24) is 9.21 Å². The third-order valence-electron chi connectivity index (χ3n) is 6.04. The molecule has 0 aromatic heterocycles. The Morgan fingerprint density at radius 2 is 1.76 bits per heavy atom. The van der Waals surface area contributed by atoms with Crippen LogP contribution in [-0.4, -0.2) is 56.4 Å². The fraction of sp³-hybridized carbons (Fsp3) is 0.400. The number of hydrogen-bond donors (Lipinski definition) is 0. The number of nitrogens with zero attached hydrogens (tertiary/aromatic N) is 2. The number of piperidine rings is 1. The van der Waals surface area contributed by atoms with Crippen LogP contribution in [0.4, 0.5) is 0 Å². The molecule has 0 bridgehead atoms. The van der Waals surface area contributed by atoms with Crippen LogP contribution in [0.25, 0.3) is 0 Å². The summed E-state index contributed by atoms with van der Waals surface area (Å²) in [6.45, 7) is 4.08. The molecule has 0 aliphatic carbocycles. The van der Waals surface area contributed by atoms with E-state index in [-0.39, 0.29) is 36.4 Å². The third kappa shape index (κ3) is 5.15. The molecule has 0 atom stereocenters. The van der Waals surface area contributed by atoms with Gasteiger partial charge in [0.15, 0.2) is 11.5 Å². The Bertz CT molecular complexity index is 1150. The van der Waals surface area contributed by atoms with E-state index < -0.39 is 10.0 Å². The fourth-order valence-corrected chi connectivity index (χ4v) is 5.66. The molecular formula is C25H28N2O5S. The number of aryl methyl sites for hydroxylation is 1. The highest BCUT2D eigenvalue weighted by atomic mass is 32.2. The molecule has 2 aliphatic heterocycles. The summed E-state index contributed by atoms with van der Waals surface area (Å²) in [5.41, 5.74) is 2.17. The van der Waals surface area contributed by atoms with E-state index in [9.17, 15) is 13.2 Å². The molecule has 0 radical (unpaired) electrons. The van der Waals surface area contributed by atoms with Crippen LogP contribution in [0.1, 0.15) is 24.0 Å². The zero-order chi connectivity index (χ0) is 23.4. The summed E-state index contributed by atoms with van der Waals surface area (Å²) < 4.78 is 38.8. The van der Waals surface area contributed by atoms with E-state index in [1.807, 2.05) is 31.2 Å². The average Bonchev–Trinajstić information content (AvgIpc) is 2.84. The van der Waals surface area contributed by atoms with Gasteiger partial charge < -0.3 is 14.4 Å². The van der Waals surface area contributed by atoms with Crippen molar-refractivity contribution >= 4 is 15.9 Å². The van der Waals surface area contributed by atoms with Gasteiger partial charge in [0.05, 0.1) is 11.4 Å². The summed E-state index contributed by atoms with van der Waals surface area (Å²) >= 11 is 0. The number of hydrogen-bond acceptors (Lipinski definition) is 5. The van der Waals surface area contributed by atoms with Gasteiger partial charge in [0.2, 0.25) is 15.9 Å². The number of amides is 1. The Labute approximate surface area is 195 Å². The molecule has 7 nitrogen and oxygen atoms in total. The number of sulfonamides is 1. The minimum atomic E-state index is -3.69. The maximum absolute atomic E-state index is 13.2. The summed E-state index contributed by atoms with van der Waals surface area (Å²) in [4.78, 5) is 15.0. The predicted molar refractivity (Wildman–Crippen MR) is 124 cm³/mol. The van der Waals surface area contributed by atoms with Gasteiger partial charge in [0, 0.05) is 31.6 Å². The van der Waals surface area contributed by atoms with Gasteiger partial charge in [-0.15, -0.1) is 6.42 Å². The normalized spacial score (nSPS) is 16.7. The fourth-order valence-electron chi connectivity index (χ4n) is 4.17. The summed E-state index contributed by atoms with van der Waals surface area (Å²) in [5, 5.41) is 0. The first-order chi connectivity index (χ1) is 15.9. The van der Waals surface area contributed by atoms with Gasteiger partial charge in [-0.2, -0.15) is 4.31 Å². The number of terminal acetylenes is 1. The lowest BCUT2D eigenvalue weighted by Gasteiger charge is -2.33. The first-order valence-corrected chi connectivity index (χ1v) is 12.5. The molecule has 0 N–H and O–H groups in total. The second-order valence-electron chi connectivity index (χ2n) is 8.37. The predicted octanol–water partition coefficient (Wildman–Crippen LogP) is 2.83. The minimum absolute atomic E-state index is 0.0232. The lowest BCUT2D eigenvalue weighted by molar-refractivity contribution is -0.136. The number of carbonyl (C=O) groups is 1. The molecule has 1 amide bonds. The molecule has 1 fully saturated rings. The standard InChI is InChI=1S/C25H28N2O5S/c1-3-12-26(18-20-6-4-19(2)5-7-20)25(28)21-10-13-27(14-11-21)33(29,30)22-8-9-23-24(17-22)32-16-15-31-23/h1,4-9,17,21H,10-16,18H2,2H3. The van der Waals surface area contributed by atoms with Crippen LogP contribution in [0.2, 0.25) is 0 Å². The van der Waals surface area contributed by atoms with E-state index >= 15 is 0 Å². The number of fused-ring (bicyclic) bond motifs is 1. The maximum Gasteiger partial charge on any atom is 0.243 e. The van der Waals surface area contributed by atoms with Crippen LogP contribution >= 0.6 is 0 Å². The van der Waals surface area contributed by atoms with E-state index in [1.54, 1.807) is 11.0 Å². The van der Waals surface area contributed by atoms with E-state index in [2.05, 4.69) is 5.92 Å². The van der Waals surface area contributed by atoms with Crippen LogP contribution in [-0.2, 0) is 21.4 Å². The Balaban J connectivity index is 1.41. The van der Waals surface area contributed by atoms with Crippen LogP contribution in [0, 0.1) is 25.2 Å². The van der Waals surface area contributed by atoms with Gasteiger partial charge in [-0.1, -0.05) is 35.7 Å². The molecule has 174 valence electrons. The molecule has 8 heteroatoms. The second-order valence-corrected chi connectivity index (χ2v) is 10.3. The Morgan fingerprint density at radius 3 is 2.42 bits per heavy atom. The van der Waals surface area contributed by atoms with Crippen molar-refractivity contribution in [3.63, 3.8) is 0 Å². The molecule has 33 heavy (non-hydrogen) atoms. The van der Waals surface area contributed by atoms with Crippen LogP contribution < -0.4 is 9.47 Å². The molecule has 0 unspecified atom stereocenters. The highest BCUT2D eigenvalue weighted by molar-refractivity contribution is 7.89. The molecule has 0 saturated carbocycles. The lowest BCUT2D eigenvalue weighted by atomic mass is 9.96. The van der Waals surface area contributed by atoms with Crippen LogP contribution in [0.5, 0.6) is 11.5 Å². The Kier molecular flexibility index (Phi) is 6.91. The molecule has 0 spiro atoms. The zero-order valence-corrected chi connectivity index (χ0v) is 19.5. The largest absolute Gasteiger partial charge is 0.486 e. The molecule has 1 saturated heterocycles. The van der Waals surface area contributed by atoms with Gasteiger partial charge in [0.1, 0.15) is 13.2 Å². The Hall–Kier alpha value is -3.02. The highest BCUT2D eigenvalue weighted by Crippen LogP contribution is 2.34. The number of benzene rings is 2.